The fourth-order valence-corrected chi connectivity index (χ4v) is 6.22. The predicted octanol–water partition coefficient (Wildman–Crippen LogP) is 6.77. The van der Waals surface area contributed by atoms with Crippen LogP contribution in [-0.2, 0) is 20.7 Å². The number of carbonyl (C=O) groups is 1. The van der Waals surface area contributed by atoms with E-state index < -0.39 is 17.7 Å². The van der Waals surface area contributed by atoms with Gasteiger partial charge in [0.2, 0.25) is 0 Å². The summed E-state index contributed by atoms with van der Waals surface area (Å²) in [4.78, 5) is 11.7. The third-order valence-electron chi connectivity index (χ3n) is 8.39. The van der Waals surface area contributed by atoms with E-state index in [9.17, 15) is 4.79 Å². The molecule has 1 unspecified atom stereocenters. The first kappa shape index (κ1) is 27.5. The highest BCUT2D eigenvalue weighted by Crippen LogP contribution is 2.46. The van der Waals surface area contributed by atoms with Crippen molar-refractivity contribution in [2.45, 2.75) is 52.1 Å². The summed E-state index contributed by atoms with van der Waals surface area (Å²) in [5.41, 5.74) is 5.40. The summed E-state index contributed by atoms with van der Waals surface area (Å²) in [5.74, 6) is -0.264. The van der Waals surface area contributed by atoms with Crippen LogP contribution in [0, 0.1) is 30.9 Å². The first-order valence-corrected chi connectivity index (χ1v) is 14.0. The molecule has 1 fully saturated rings. The Balaban J connectivity index is 1.26. The molecule has 2 aliphatic heterocycles. The summed E-state index contributed by atoms with van der Waals surface area (Å²) in [7, 11) is 1.36. The van der Waals surface area contributed by atoms with Crippen LogP contribution in [0.3, 0.4) is 0 Å². The minimum atomic E-state index is -0.894. The van der Waals surface area contributed by atoms with Crippen LogP contribution in [0.5, 0.6) is 17.2 Å². The van der Waals surface area contributed by atoms with Gasteiger partial charge < -0.3 is 23.7 Å². The highest BCUT2D eigenvalue weighted by atomic mass is 19.2. The molecular weight excluding hydrogens is 530 g/mol. The Kier molecular flexibility index (Phi) is 7.14. The number of hydrogen-bond acceptors (Lipinski definition) is 6. The maximum atomic E-state index is 15.3. The predicted molar refractivity (Wildman–Crippen MR) is 149 cm³/mol. The average Bonchev–Trinajstić information content (AvgIpc) is 3.53. The molecule has 3 aromatic rings. The number of hydrogen-bond donors (Lipinski definition) is 0. The van der Waals surface area contributed by atoms with Crippen LogP contribution in [-0.4, -0.2) is 39.5 Å². The van der Waals surface area contributed by atoms with Crippen LogP contribution < -0.4 is 14.2 Å². The standard InChI is InChI=1S/C33H34F2O6/c1-18-9-22(40-17-33(3)15-38-16-33)10-19(2)30(18)25-13-26(34)32(35)31-24(25)7-8-27(31)41-21-5-6-23-20(11-29(36)37-4)14-39-28(23)12-21/h5-6,9-10,12-13,20,27H,7-8,11,14-17H2,1-4H3/t20?,27-/m1/s1. The van der Waals surface area contributed by atoms with Gasteiger partial charge in [-0.05, 0) is 78.8 Å². The van der Waals surface area contributed by atoms with Gasteiger partial charge in [-0.1, -0.05) is 13.0 Å². The molecule has 0 aromatic heterocycles. The molecule has 41 heavy (non-hydrogen) atoms. The molecule has 2 heterocycles. The third-order valence-corrected chi connectivity index (χ3v) is 8.39. The summed E-state index contributed by atoms with van der Waals surface area (Å²) in [5, 5.41) is 0. The van der Waals surface area contributed by atoms with E-state index in [1.165, 1.54) is 13.2 Å². The van der Waals surface area contributed by atoms with E-state index in [4.69, 9.17) is 23.7 Å². The van der Waals surface area contributed by atoms with Gasteiger partial charge in [0.25, 0.3) is 0 Å². The summed E-state index contributed by atoms with van der Waals surface area (Å²) in [6.45, 7) is 8.37. The lowest BCUT2D eigenvalue weighted by Gasteiger charge is -2.37. The number of halogens is 2. The van der Waals surface area contributed by atoms with Gasteiger partial charge in [-0.3, -0.25) is 4.79 Å². The maximum absolute atomic E-state index is 15.3. The molecule has 3 aromatic carbocycles. The third kappa shape index (κ3) is 5.14. The monoisotopic (exact) mass is 564 g/mol. The van der Waals surface area contributed by atoms with Crippen LogP contribution >= 0.6 is 0 Å². The Morgan fingerprint density at radius 2 is 1.83 bits per heavy atom. The normalized spacial score (nSPS) is 20.0. The molecule has 0 amide bonds. The van der Waals surface area contributed by atoms with Crippen molar-refractivity contribution < 1.29 is 37.3 Å². The van der Waals surface area contributed by atoms with E-state index in [0.717, 1.165) is 33.6 Å². The van der Waals surface area contributed by atoms with E-state index in [2.05, 4.69) is 6.92 Å². The second-order valence-corrected chi connectivity index (χ2v) is 11.8. The lowest BCUT2D eigenvalue weighted by atomic mass is 9.89. The van der Waals surface area contributed by atoms with Crippen molar-refractivity contribution in [2.24, 2.45) is 5.41 Å². The van der Waals surface area contributed by atoms with Crippen molar-refractivity contribution in [1.82, 2.24) is 0 Å². The van der Waals surface area contributed by atoms with Crippen molar-refractivity contribution in [3.05, 3.63) is 75.8 Å². The van der Waals surface area contributed by atoms with Gasteiger partial charge in [-0.25, -0.2) is 8.78 Å². The van der Waals surface area contributed by atoms with Gasteiger partial charge >= 0.3 is 5.97 Å². The molecule has 3 aliphatic rings. The molecule has 0 N–H and O–H groups in total. The van der Waals surface area contributed by atoms with Gasteiger partial charge in [0.05, 0.1) is 40.0 Å². The Bertz CT molecular complexity index is 1490. The summed E-state index contributed by atoms with van der Waals surface area (Å²) >= 11 is 0. The minimum absolute atomic E-state index is 0.0200. The Morgan fingerprint density at radius 1 is 1.07 bits per heavy atom. The summed E-state index contributed by atoms with van der Waals surface area (Å²) < 4.78 is 58.7. The first-order chi connectivity index (χ1) is 19.7. The molecule has 2 atom stereocenters. The molecular formula is C33H34F2O6. The molecule has 0 saturated carbocycles. The fraction of sp³-hybridized carbons (Fsp3) is 0.424. The zero-order valence-corrected chi connectivity index (χ0v) is 23.8. The number of carbonyl (C=O) groups excluding carboxylic acids is 1. The van der Waals surface area contributed by atoms with Crippen molar-refractivity contribution in [3.8, 4) is 28.4 Å². The number of aryl methyl sites for hydroxylation is 2. The van der Waals surface area contributed by atoms with Crippen molar-refractivity contribution in [3.63, 3.8) is 0 Å². The maximum Gasteiger partial charge on any atom is 0.306 e. The Labute approximate surface area is 238 Å². The van der Waals surface area contributed by atoms with E-state index in [1.54, 1.807) is 12.1 Å². The number of rotatable bonds is 8. The summed E-state index contributed by atoms with van der Waals surface area (Å²) in [6.07, 6.45) is 0.669. The van der Waals surface area contributed by atoms with E-state index in [-0.39, 0.29) is 29.3 Å². The van der Waals surface area contributed by atoms with Crippen LogP contribution in [0.15, 0.2) is 36.4 Å². The van der Waals surface area contributed by atoms with Crippen LogP contribution in [0.25, 0.3) is 11.1 Å². The van der Waals surface area contributed by atoms with Crippen LogP contribution in [0.2, 0.25) is 0 Å². The first-order valence-electron chi connectivity index (χ1n) is 14.0. The second kappa shape index (κ2) is 10.6. The van der Waals surface area contributed by atoms with E-state index in [0.29, 0.717) is 56.3 Å². The van der Waals surface area contributed by atoms with Gasteiger partial charge in [-0.2, -0.15) is 0 Å². The zero-order chi connectivity index (χ0) is 28.9. The van der Waals surface area contributed by atoms with Gasteiger partial charge in [-0.15, -0.1) is 0 Å². The molecule has 0 spiro atoms. The summed E-state index contributed by atoms with van der Waals surface area (Å²) in [6, 6.07) is 10.6. The number of methoxy groups -OCH3 is 1. The highest BCUT2D eigenvalue weighted by Gasteiger charge is 2.35. The lowest BCUT2D eigenvalue weighted by molar-refractivity contribution is -0.141. The Morgan fingerprint density at radius 3 is 2.51 bits per heavy atom. The largest absolute Gasteiger partial charge is 0.493 e. The van der Waals surface area contributed by atoms with Crippen molar-refractivity contribution in [2.75, 3.05) is 33.5 Å². The quantitative estimate of drug-likeness (QED) is 0.282. The molecule has 6 nitrogen and oxygen atoms in total. The molecule has 6 rings (SSSR count). The van der Waals surface area contributed by atoms with Gasteiger partial charge in [0, 0.05) is 28.5 Å². The average molecular weight is 565 g/mol. The molecule has 1 aliphatic carbocycles. The van der Waals surface area contributed by atoms with Crippen LogP contribution in [0.4, 0.5) is 8.78 Å². The second-order valence-electron chi connectivity index (χ2n) is 11.8. The molecule has 216 valence electrons. The molecule has 0 bridgehead atoms. The van der Waals surface area contributed by atoms with Crippen molar-refractivity contribution in [1.29, 1.82) is 0 Å². The number of benzene rings is 3. The zero-order valence-electron chi connectivity index (χ0n) is 23.8. The molecule has 8 heteroatoms. The smallest absolute Gasteiger partial charge is 0.306 e. The van der Waals surface area contributed by atoms with E-state index in [1.807, 2.05) is 32.0 Å². The SMILES string of the molecule is COC(=O)CC1COc2cc(O[C@@H]3CCc4c(-c5c(C)cc(OCC6(C)COC6)cc5C)cc(F)c(F)c43)ccc21. The minimum Gasteiger partial charge on any atom is -0.493 e. The molecule has 1 saturated heterocycles. The number of esters is 1. The highest BCUT2D eigenvalue weighted by molar-refractivity contribution is 5.77. The Hall–Kier alpha value is -3.65. The fourth-order valence-electron chi connectivity index (χ4n) is 6.22. The van der Waals surface area contributed by atoms with Crippen molar-refractivity contribution >= 4 is 5.97 Å². The van der Waals surface area contributed by atoms with Crippen LogP contribution in [0.1, 0.15) is 59.6 Å². The van der Waals surface area contributed by atoms with Gasteiger partial charge in [0.1, 0.15) is 23.4 Å². The van der Waals surface area contributed by atoms with E-state index >= 15 is 8.78 Å². The molecule has 0 radical (unpaired) electrons. The lowest BCUT2D eigenvalue weighted by Crippen LogP contribution is -2.44. The number of fused-ring (bicyclic) bond motifs is 2. The van der Waals surface area contributed by atoms with Gasteiger partial charge in [0.15, 0.2) is 11.6 Å². The number of ether oxygens (including phenoxy) is 5. The topological polar surface area (TPSA) is 63.2 Å².